The fourth-order valence-electron chi connectivity index (χ4n) is 0.979. The molecule has 0 amide bonds. The smallest absolute Gasteiger partial charge is 0.103 e. The molecular weight excluding hydrogens is 192 g/mol. The summed E-state index contributed by atoms with van der Waals surface area (Å²) >= 11 is 3.71. The first kappa shape index (κ1) is 10.2. The third-order valence-electron chi connectivity index (χ3n) is 1.64. The van der Waals surface area contributed by atoms with E-state index in [1.165, 1.54) is 0 Å². The lowest BCUT2D eigenvalue weighted by molar-refractivity contribution is 0.319. The van der Waals surface area contributed by atoms with Gasteiger partial charge in [-0.2, -0.15) is 0 Å². The van der Waals surface area contributed by atoms with Crippen LogP contribution in [0.4, 0.5) is 0 Å². The van der Waals surface area contributed by atoms with Gasteiger partial charge < -0.3 is 5.21 Å². The van der Waals surface area contributed by atoms with Crippen molar-refractivity contribution in [1.82, 2.24) is 4.90 Å². The van der Waals surface area contributed by atoms with Crippen molar-refractivity contribution >= 4 is 29.7 Å². The van der Waals surface area contributed by atoms with E-state index in [2.05, 4.69) is 31.1 Å². The van der Waals surface area contributed by atoms with E-state index in [1.54, 1.807) is 6.21 Å². The van der Waals surface area contributed by atoms with Crippen molar-refractivity contribution < 1.29 is 5.21 Å². The molecule has 1 fully saturated rings. The van der Waals surface area contributed by atoms with Crippen molar-refractivity contribution in [2.75, 3.05) is 19.8 Å². The molecule has 1 saturated heterocycles. The number of rotatable bonds is 2. The van der Waals surface area contributed by atoms with Crippen molar-refractivity contribution in [3.63, 3.8) is 0 Å². The first-order chi connectivity index (χ1) is 5.57. The van der Waals surface area contributed by atoms with Crippen LogP contribution in [0.3, 0.4) is 0 Å². The monoisotopic (exact) mass is 206 g/mol. The Morgan fingerprint density at radius 3 is 2.75 bits per heavy atom. The van der Waals surface area contributed by atoms with Crippen LogP contribution in [0.5, 0.6) is 0 Å². The summed E-state index contributed by atoms with van der Waals surface area (Å²) in [4.78, 5) is 2.17. The zero-order valence-corrected chi connectivity index (χ0v) is 9.15. The molecule has 1 N–H and O–H groups in total. The lowest BCUT2D eigenvalue weighted by atomic mass is 10.2. The molecule has 12 heavy (non-hydrogen) atoms. The van der Waals surface area contributed by atoms with Crippen LogP contribution < -0.4 is 0 Å². The van der Waals surface area contributed by atoms with Gasteiger partial charge in [-0.05, 0) is 21.0 Å². The van der Waals surface area contributed by atoms with Gasteiger partial charge in [-0.25, -0.2) is 0 Å². The molecule has 2 atom stereocenters. The van der Waals surface area contributed by atoms with Crippen molar-refractivity contribution in [1.29, 1.82) is 0 Å². The van der Waals surface area contributed by atoms with E-state index in [4.69, 9.17) is 5.21 Å². The van der Waals surface area contributed by atoms with E-state index in [-0.39, 0.29) is 4.75 Å². The molecule has 70 valence electrons. The zero-order chi connectivity index (χ0) is 9.19. The van der Waals surface area contributed by atoms with Gasteiger partial charge in [-0.1, -0.05) is 0 Å². The molecule has 5 heteroatoms. The van der Waals surface area contributed by atoms with Gasteiger partial charge in [0.05, 0.1) is 11.0 Å². The normalized spacial score (nSPS) is 36.8. The van der Waals surface area contributed by atoms with Gasteiger partial charge in [-0.3, -0.25) is 4.90 Å². The van der Waals surface area contributed by atoms with E-state index in [0.717, 1.165) is 5.75 Å². The van der Waals surface area contributed by atoms with E-state index in [0.29, 0.717) is 4.71 Å². The van der Waals surface area contributed by atoms with E-state index < -0.39 is 0 Å². The topological polar surface area (TPSA) is 35.8 Å². The Morgan fingerprint density at radius 1 is 1.67 bits per heavy atom. The molecule has 1 rings (SSSR count). The summed E-state index contributed by atoms with van der Waals surface area (Å²) in [6, 6.07) is 0. The summed E-state index contributed by atoms with van der Waals surface area (Å²) in [5.74, 6) is 1.00. The Bertz CT molecular complexity index is 186. The highest BCUT2D eigenvalue weighted by molar-refractivity contribution is 8.21. The second-order valence-electron chi connectivity index (χ2n) is 3.26. The molecule has 0 spiro atoms. The van der Waals surface area contributed by atoms with Crippen LogP contribution >= 0.6 is 23.5 Å². The summed E-state index contributed by atoms with van der Waals surface area (Å²) < 4.78 is 0.474. The van der Waals surface area contributed by atoms with E-state index >= 15 is 0 Å². The van der Waals surface area contributed by atoms with Gasteiger partial charge in [0.25, 0.3) is 0 Å². The maximum atomic E-state index is 8.45. The molecule has 0 saturated carbocycles. The van der Waals surface area contributed by atoms with E-state index in [1.807, 2.05) is 23.5 Å². The highest BCUT2D eigenvalue weighted by Gasteiger charge is 2.36. The average molecular weight is 206 g/mol. The number of hydrogen-bond acceptors (Lipinski definition) is 5. The molecule has 0 bridgehead atoms. The Labute approximate surface area is 81.6 Å². The molecule has 0 radical (unpaired) electrons. The summed E-state index contributed by atoms with van der Waals surface area (Å²) in [5, 5.41) is 11.6. The van der Waals surface area contributed by atoms with Crippen LogP contribution in [0.2, 0.25) is 0 Å². The van der Waals surface area contributed by atoms with Gasteiger partial charge >= 0.3 is 0 Å². The molecule has 0 aliphatic carbocycles. The minimum absolute atomic E-state index is 0.00560. The standard InChI is InChI=1S/C7H14N2OS2/c1-7(4-8-10)5-11-6(12-7)9(2)3/h4,6,10H,5H2,1-3H3. The minimum atomic E-state index is -0.00560. The summed E-state index contributed by atoms with van der Waals surface area (Å²) in [7, 11) is 4.12. The number of oxime groups is 1. The zero-order valence-electron chi connectivity index (χ0n) is 7.52. The Kier molecular flexibility index (Phi) is 3.31. The second kappa shape index (κ2) is 3.89. The Hall–Kier alpha value is 0.130. The fraction of sp³-hybridized carbons (Fsp3) is 0.857. The molecule has 1 aliphatic heterocycles. The van der Waals surface area contributed by atoms with Crippen LogP contribution in [0.1, 0.15) is 6.92 Å². The van der Waals surface area contributed by atoms with Crippen molar-refractivity contribution in [2.45, 2.75) is 16.4 Å². The third kappa shape index (κ3) is 2.31. The van der Waals surface area contributed by atoms with Gasteiger partial charge in [0.1, 0.15) is 4.71 Å². The lowest BCUT2D eigenvalue weighted by Gasteiger charge is -2.19. The Balaban J connectivity index is 2.54. The quantitative estimate of drug-likeness (QED) is 0.422. The summed E-state index contributed by atoms with van der Waals surface area (Å²) in [6.07, 6.45) is 1.62. The van der Waals surface area contributed by atoms with Gasteiger partial charge in [0, 0.05) is 5.75 Å². The molecule has 0 aromatic carbocycles. The average Bonchev–Trinajstić information content (AvgIpc) is 2.33. The third-order valence-corrected chi connectivity index (χ3v) is 5.40. The SMILES string of the molecule is CN(C)C1SCC(C)(C=NO)S1. The molecule has 0 aromatic rings. The van der Waals surface area contributed by atoms with Gasteiger partial charge in [0.2, 0.25) is 0 Å². The van der Waals surface area contributed by atoms with Crippen LogP contribution in [0.25, 0.3) is 0 Å². The molecule has 1 heterocycles. The van der Waals surface area contributed by atoms with E-state index in [9.17, 15) is 0 Å². The molecule has 2 unspecified atom stereocenters. The highest BCUT2D eigenvalue weighted by atomic mass is 32.2. The number of nitrogens with zero attached hydrogens (tertiary/aromatic N) is 2. The van der Waals surface area contributed by atoms with Gasteiger partial charge in [-0.15, -0.1) is 28.7 Å². The van der Waals surface area contributed by atoms with Crippen molar-refractivity contribution in [2.24, 2.45) is 5.16 Å². The predicted molar refractivity (Wildman–Crippen MR) is 56.2 cm³/mol. The fourth-order valence-corrected chi connectivity index (χ4v) is 4.22. The number of thioether (sulfide) groups is 2. The molecule has 3 nitrogen and oxygen atoms in total. The second-order valence-corrected chi connectivity index (χ2v) is 6.24. The van der Waals surface area contributed by atoms with Crippen LogP contribution in [-0.2, 0) is 0 Å². The van der Waals surface area contributed by atoms with Crippen LogP contribution in [0.15, 0.2) is 5.16 Å². The number of hydrogen-bond donors (Lipinski definition) is 1. The van der Waals surface area contributed by atoms with Crippen molar-refractivity contribution in [3.8, 4) is 0 Å². The Morgan fingerprint density at radius 2 is 2.33 bits per heavy atom. The van der Waals surface area contributed by atoms with Crippen molar-refractivity contribution in [3.05, 3.63) is 0 Å². The molecule has 1 aliphatic rings. The van der Waals surface area contributed by atoms with Gasteiger partial charge in [0.15, 0.2) is 0 Å². The summed E-state index contributed by atoms with van der Waals surface area (Å²) in [6.45, 7) is 2.09. The summed E-state index contributed by atoms with van der Waals surface area (Å²) in [5.41, 5.74) is 0. The maximum Gasteiger partial charge on any atom is 0.103 e. The first-order valence-corrected chi connectivity index (χ1v) is 5.65. The van der Waals surface area contributed by atoms with Crippen LogP contribution in [-0.4, -0.2) is 45.6 Å². The largest absolute Gasteiger partial charge is 0.411 e. The highest BCUT2D eigenvalue weighted by Crippen LogP contribution is 2.45. The molecule has 0 aromatic heterocycles. The van der Waals surface area contributed by atoms with Crippen LogP contribution in [0, 0.1) is 0 Å². The predicted octanol–water partition coefficient (Wildman–Crippen LogP) is 1.53. The minimum Gasteiger partial charge on any atom is -0.411 e. The first-order valence-electron chi connectivity index (χ1n) is 3.72. The lowest BCUT2D eigenvalue weighted by Crippen LogP contribution is -2.24. The molecular formula is C7H14N2OS2. The maximum absolute atomic E-state index is 8.45.